The van der Waals surface area contributed by atoms with Crippen LogP contribution in [-0.2, 0) is 8.87 Å². The first-order chi connectivity index (χ1) is 10.4. The third-order valence-electron chi connectivity index (χ3n) is 3.70. The first kappa shape index (κ1) is 14.4. The van der Waals surface area contributed by atoms with E-state index in [0.717, 1.165) is 0 Å². The van der Waals surface area contributed by atoms with E-state index in [1.54, 1.807) is 3.58 Å². The molecule has 0 nitrogen and oxygen atoms in total. The second kappa shape index (κ2) is 7.46. The number of benzene rings is 3. The second-order valence-corrected chi connectivity index (χ2v) is 12.4. The molecule has 0 aromatic heterocycles. The summed E-state index contributed by atoms with van der Waals surface area (Å²) in [4.78, 5) is 0. The van der Waals surface area contributed by atoms with E-state index in [2.05, 4.69) is 91.0 Å². The van der Waals surface area contributed by atoms with Gasteiger partial charge < -0.3 is 0 Å². The molecule has 0 amide bonds. The van der Waals surface area contributed by atoms with E-state index in [1.165, 1.54) is 20.0 Å². The van der Waals surface area contributed by atoms with Gasteiger partial charge in [0.25, 0.3) is 0 Å². The summed E-state index contributed by atoms with van der Waals surface area (Å²) in [6.07, 6.45) is 0. The van der Waals surface area contributed by atoms with Crippen molar-refractivity contribution in [1.82, 2.24) is 0 Å². The molecule has 0 heterocycles. The van der Waals surface area contributed by atoms with Gasteiger partial charge in [-0.05, 0) is 0 Å². The standard InChI is InChI=1S/2C7H7.C6H5.Sn/c2*1-7-5-3-2-4-6-7;1-2-4-6-5-3-1;/h2*2-6H,1H2;1-5H;/q;;;+1. The molecule has 0 aliphatic heterocycles. The van der Waals surface area contributed by atoms with Crippen LogP contribution in [-0.4, -0.2) is 19.8 Å². The molecule has 0 unspecified atom stereocenters. The molecule has 3 rings (SSSR count). The van der Waals surface area contributed by atoms with E-state index in [-0.39, 0.29) is 0 Å². The van der Waals surface area contributed by atoms with Gasteiger partial charge in [0.05, 0.1) is 0 Å². The van der Waals surface area contributed by atoms with Gasteiger partial charge in [-0.3, -0.25) is 0 Å². The summed E-state index contributed by atoms with van der Waals surface area (Å²) in [6.45, 7) is 0. The van der Waals surface area contributed by atoms with Crippen molar-refractivity contribution in [3.63, 3.8) is 0 Å². The monoisotopic (exact) mass is 379 g/mol. The molecule has 21 heavy (non-hydrogen) atoms. The van der Waals surface area contributed by atoms with E-state index in [4.69, 9.17) is 0 Å². The molecule has 0 saturated heterocycles. The molecule has 0 bridgehead atoms. The quantitative estimate of drug-likeness (QED) is 0.590. The molecule has 102 valence electrons. The molecule has 0 atom stereocenters. The Morgan fingerprint density at radius 2 is 0.857 bits per heavy atom. The summed E-state index contributed by atoms with van der Waals surface area (Å²) in [5.41, 5.74) is 2.98. The zero-order valence-electron chi connectivity index (χ0n) is 12.1. The molecule has 0 fully saturated rings. The van der Waals surface area contributed by atoms with Gasteiger partial charge in [-0.2, -0.15) is 0 Å². The van der Waals surface area contributed by atoms with Crippen molar-refractivity contribution in [2.45, 2.75) is 8.87 Å². The molecule has 1 heteroatoms. The fourth-order valence-electron chi connectivity index (χ4n) is 2.63. The Morgan fingerprint density at radius 3 is 1.29 bits per heavy atom. The third-order valence-corrected chi connectivity index (χ3v) is 11.8. The molecule has 0 spiro atoms. The van der Waals surface area contributed by atoms with Crippen LogP contribution in [0.25, 0.3) is 0 Å². The van der Waals surface area contributed by atoms with Crippen molar-refractivity contribution in [3.05, 3.63) is 102 Å². The van der Waals surface area contributed by atoms with Crippen molar-refractivity contribution in [2.24, 2.45) is 0 Å². The van der Waals surface area contributed by atoms with E-state index in [9.17, 15) is 0 Å². The van der Waals surface area contributed by atoms with Crippen LogP contribution < -0.4 is 3.58 Å². The Morgan fingerprint density at radius 1 is 0.476 bits per heavy atom. The van der Waals surface area contributed by atoms with E-state index in [1.807, 2.05) is 0 Å². The van der Waals surface area contributed by atoms with Gasteiger partial charge in [0.15, 0.2) is 0 Å². The number of hydrogen-bond acceptors (Lipinski definition) is 0. The van der Waals surface area contributed by atoms with Crippen LogP contribution >= 0.6 is 0 Å². The predicted octanol–water partition coefficient (Wildman–Crippen LogP) is 3.95. The zero-order chi connectivity index (χ0) is 14.3. The van der Waals surface area contributed by atoms with Crippen LogP contribution in [0.1, 0.15) is 11.1 Å². The number of hydrogen-bond donors (Lipinski definition) is 0. The predicted molar refractivity (Wildman–Crippen MR) is 92.1 cm³/mol. The minimum atomic E-state index is -1.70. The molecule has 3 aromatic carbocycles. The first-order valence-electron chi connectivity index (χ1n) is 7.40. The van der Waals surface area contributed by atoms with Crippen LogP contribution in [0.2, 0.25) is 0 Å². The Hall–Kier alpha value is -1.54. The summed E-state index contributed by atoms with van der Waals surface area (Å²) in [5.74, 6) is 0. The van der Waals surface area contributed by atoms with Gasteiger partial charge in [-0.25, -0.2) is 0 Å². The van der Waals surface area contributed by atoms with Gasteiger partial charge in [-0.1, -0.05) is 0 Å². The van der Waals surface area contributed by atoms with Crippen molar-refractivity contribution >= 4 is 23.3 Å². The Kier molecular flexibility index (Phi) is 5.12. The van der Waals surface area contributed by atoms with Crippen molar-refractivity contribution in [2.75, 3.05) is 0 Å². The first-order valence-corrected chi connectivity index (χ1v) is 12.9. The van der Waals surface area contributed by atoms with Gasteiger partial charge in [0, 0.05) is 0 Å². The maximum atomic E-state index is 2.33. The summed E-state index contributed by atoms with van der Waals surface area (Å²) in [5, 5.41) is 0. The maximum absolute atomic E-state index is 2.33. The SMILES string of the molecule is c1ccc([CH2][Sn+]([CH2]c2ccccc2)[c]2ccccc2)cc1. The fraction of sp³-hybridized carbons (Fsp3) is 0.100. The summed E-state index contributed by atoms with van der Waals surface area (Å²) >= 11 is -1.70. The molecule has 0 radical (unpaired) electrons. The minimum absolute atomic E-state index is 1.28. The van der Waals surface area contributed by atoms with Gasteiger partial charge in [0.2, 0.25) is 0 Å². The molecule has 3 aromatic rings. The molecular formula is C20H19Sn+. The van der Waals surface area contributed by atoms with Crippen LogP contribution in [0.5, 0.6) is 0 Å². The Labute approximate surface area is 134 Å². The number of rotatable bonds is 5. The van der Waals surface area contributed by atoms with E-state index >= 15 is 0 Å². The second-order valence-electron chi connectivity index (χ2n) is 5.29. The average molecular weight is 378 g/mol. The summed E-state index contributed by atoms with van der Waals surface area (Å²) < 4.78 is 4.18. The Bertz CT molecular complexity index is 606. The summed E-state index contributed by atoms with van der Waals surface area (Å²) in [6, 6.07) is 33.1. The Balaban J connectivity index is 1.84. The normalized spacial score (nSPS) is 10.3. The fourth-order valence-corrected chi connectivity index (χ4v) is 10.2. The molecule has 0 aliphatic rings. The molecule has 0 N–H and O–H groups in total. The molecule has 0 saturated carbocycles. The van der Waals surface area contributed by atoms with Crippen LogP contribution in [0.4, 0.5) is 0 Å². The topological polar surface area (TPSA) is 0 Å². The van der Waals surface area contributed by atoms with Crippen LogP contribution in [0.15, 0.2) is 91.0 Å². The van der Waals surface area contributed by atoms with Gasteiger partial charge in [0.1, 0.15) is 0 Å². The van der Waals surface area contributed by atoms with Crippen molar-refractivity contribution in [1.29, 1.82) is 0 Å². The van der Waals surface area contributed by atoms with Crippen molar-refractivity contribution in [3.8, 4) is 0 Å². The average Bonchev–Trinajstić information content (AvgIpc) is 2.57. The van der Waals surface area contributed by atoms with Crippen LogP contribution in [0.3, 0.4) is 0 Å². The molecule has 0 aliphatic carbocycles. The van der Waals surface area contributed by atoms with Crippen LogP contribution in [0, 0.1) is 0 Å². The third kappa shape index (κ3) is 4.21. The van der Waals surface area contributed by atoms with E-state index < -0.39 is 19.8 Å². The van der Waals surface area contributed by atoms with Gasteiger partial charge >= 0.3 is 134 Å². The van der Waals surface area contributed by atoms with Crippen molar-refractivity contribution < 1.29 is 0 Å². The summed E-state index contributed by atoms with van der Waals surface area (Å²) in [7, 11) is 0. The van der Waals surface area contributed by atoms with Gasteiger partial charge in [-0.15, -0.1) is 0 Å². The molecular weight excluding hydrogens is 359 g/mol. The zero-order valence-corrected chi connectivity index (χ0v) is 14.9. The van der Waals surface area contributed by atoms with E-state index in [0.29, 0.717) is 0 Å².